The Kier molecular flexibility index (Phi) is 1.73. The fourth-order valence-electron chi connectivity index (χ4n) is 4.31. The summed E-state index contributed by atoms with van der Waals surface area (Å²) in [5.74, 6) is -0.771. The van der Waals surface area contributed by atoms with Crippen LogP contribution >= 0.6 is 0 Å². The van der Waals surface area contributed by atoms with Crippen LogP contribution in [0.3, 0.4) is 0 Å². The molecule has 0 unspecified atom stereocenters. The molecule has 0 spiro atoms. The molecule has 2 amide bonds. The number of likely N-dealkylation sites (tertiary alicyclic amines) is 1. The van der Waals surface area contributed by atoms with Crippen molar-refractivity contribution in [2.45, 2.75) is 6.42 Å². The molecular weight excluding hydrogens is 234 g/mol. The molecule has 4 aliphatic carbocycles. The number of carbonyl (C=O) groups excluding carboxylic acids is 2. The average molecular weight is 247 g/mol. The van der Waals surface area contributed by atoms with Crippen LogP contribution in [-0.2, 0) is 14.4 Å². The predicted molar refractivity (Wildman–Crippen MR) is 59.1 cm³/mol. The van der Waals surface area contributed by atoms with Crippen LogP contribution in [0, 0.1) is 35.5 Å². The molecule has 0 aromatic carbocycles. The highest BCUT2D eigenvalue weighted by Gasteiger charge is 2.67. The molecule has 3 fully saturated rings. The number of allylic oxidation sites excluding steroid dienone is 2. The molecule has 6 atom stereocenters. The van der Waals surface area contributed by atoms with Gasteiger partial charge in [-0.3, -0.25) is 19.3 Å². The van der Waals surface area contributed by atoms with Crippen LogP contribution in [0.5, 0.6) is 0 Å². The van der Waals surface area contributed by atoms with Gasteiger partial charge in [-0.05, 0) is 30.1 Å². The molecule has 0 aromatic heterocycles. The molecule has 1 heterocycles. The number of amides is 2. The van der Waals surface area contributed by atoms with Crippen molar-refractivity contribution in [2.24, 2.45) is 35.5 Å². The number of hydrogen-bond donors (Lipinski definition) is 1. The molecule has 1 aliphatic heterocycles. The monoisotopic (exact) mass is 247 g/mol. The average Bonchev–Trinajstić information content (AvgIpc) is 3.11. The molecule has 94 valence electrons. The van der Waals surface area contributed by atoms with E-state index in [1.54, 1.807) is 0 Å². The van der Waals surface area contributed by atoms with E-state index in [4.69, 9.17) is 5.11 Å². The molecule has 0 aromatic rings. The van der Waals surface area contributed by atoms with Gasteiger partial charge in [-0.15, -0.1) is 0 Å². The van der Waals surface area contributed by atoms with Crippen LogP contribution in [-0.4, -0.2) is 34.3 Å². The Morgan fingerprint density at radius 3 is 2.11 bits per heavy atom. The van der Waals surface area contributed by atoms with Gasteiger partial charge < -0.3 is 5.11 Å². The fraction of sp³-hybridized carbons (Fsp3) is 0.615. The third kappa shape index (κ3) is 1.05. The minimum Gasteiger partial charge on any atom is -0.480 e. The summed E-state index contributed by atoms with van der Waals surface area (Å²) < 4.78 is 0. The van der Waals surface area contributed by atoms with Gasteiger partial charge in [-0.2, -0.15) is 0 Å². The number of rotatable bonds is 2. The first kappa shape index (κ1) is 10.3. The molecule has 0 radical (unpaired) electrons. The van der Waals surface area contributed by atoms with Crippen molar-refractivity contribution in [3.8, 4) is 0 Å². The SMILES string of the molecule is O=C(O)CN1C(=O)[C@@H]2[C@@H]3C=C[C@H]([C@@H]4C[C@@H]34)[C@@H]2C1=O. The third-order valence-corrected chi connectivity index (χ3v) is 5.05. The Bertz CT molecular complexity index is 475. The van der Waals surface area contributed by atoms with Crippen LogP contribution in [0.15, 0.2) is 12.2 Å². The maximum absolute atomic E-state index is 12.2. The van der Waals surface area contributed by atoms with Gasteiger partial charge in [0.2, 0.25) is 11.8 Å². The van der Waals surface area contributed by atoms with Gasteiger partial charge in [0, 0.05) is 0 Å². The molecule has 2 bridgehead atoms. The number of carboxylic acid groups (broad SMARTS) is 1. The summed E-state index contributed by atoms with van der Waals surface area (Å²) in [5, 5.41) is 8.79. The maximum atomic E-state index is 12.2. The highest BCUT2D eigenvalue weighted by molar-refractivity contribution is 6.07. The van der Waals surface area contributed by atoms with E-state index in [-0.39, 0.29) is 35.5 Å². The summed E-state index contributed by atoms with van der Waals surface area (Å²) in [5.41, 5.74) is 0. The lowest BCUT2D eigenvalue weighted by Crippen LogP contribution is -2.40. The van der Waals surface area contributed by atoms with Crippen LogP contribution in [0.25, 0.3) is 0 Å². The van der Waals surface area contributed by atoms with E-state index in [9.17, 15) is 14.4 Å². The first-order valence-electron chi connectivity index (χ1n) is 6.35. The van der Waals surface area contributed by atoms with Gasteiger partial charge in [0.05, 0.1) is 11.8 Å². The van der Waals surface area contributed by atoms with Crippen molar-refractivity contribution >= 4 is 17.8 Å². The van der Waals surface area contributed by atoms with E-state index in [1.807, 2.05) is 0 Å². The maximum Gasteiger partial charge on any atom is 0.323 e. The van der Waals surface area contributed by atoms with Crippen molar-refractivity contribution in [1.82, 2.24) is 4.90 Å². The van der Waals surface area contributed by atoms with Crippen LogP contribution in [0.4, 0.5) is 0 Å². The summed E-state index contributed by atoms with van der Waals surface area (Å²) >= 11 is 0. The molecule has 1 N–H and O–H groups in total. The molecule has 1 saturated heterocycles. The lowest BCUT2D eigenvalue weighted by molar-refractivity contribution is -0.149. The highest BCUT2D eigenvalue weighted by atomic mass is 16.4. The minimum absolute atomic E-state index is 0.167. The third-order valence-electron chi connectivity index (χ3n) is 5.05. The first-order chi connectivity index (χ1) is 8.59. The zero-order chi connectivity index (χ0) is 12.6. The van der Waals surface area contributed by atoms with Gasteiger partial charge in [-0.25, -0.2) is 0 Å². The smallest absolute Gasteiger partial charge is 0.323 e. The van der Waals surface area contributed by atoms with Crippen LogP contribution in [0.2, 0.25) is 0 Å². The summed E-state index contributed by atoms with van der Waals surface area (Å²) in [4.78, 5) is 36.2. The Hall–Kier alpha value is -1.65. The van der Waals surface area contributed by atoms with E-state index in [2.05, 4.69) is 12.2 Å². The number of nitrogens with zero attached hydrogens (tertiary/aromatic N) is 1. The second-order valence-corrected chi connectivity index (χ2v) is 5.81. The summed E-state index contributed by atoms with van der Waals surface area (Å²) in [6.07, 6.45) is 5.28. The minimum atomic E-state index is -1.12. The van der Waals surface area contributed by atoms with Gasteiger partial charge in [0.15, 0.2) is 0 Å². The summed E-state index contributed by atoms with van der Waals surface area (Å²) in [6, 6.07) is 0. The number of aliphatic carboxylic acids is 1. The topological polar surface area (TPSA) is 74.7 Å². The highest BCUT2D eigenvalue weighted by Crippen LogP contribution is 2.65. The van der Waals surface area contributed by atoms with Gasteiger partial charge in [0.25, 0.3) is 0 Å². The number of carboxylic acids is 1. The Morgan fingerprint density at radius 1 is 1.17 bits per heavy atom. The van der Waals surface area contributed by atoms with Gasteiger partial charge in [0.1, 0.15) is 6.54 Å². The van der Waals surface area contributed by atoms with Crippen molar-refractivity contribution in [2.75, 3.05) is 6.54 Å². The molecule has 2 saturated carbocycles. The van der Waals surface area contributed by atoms with Crippen molar-refractivity contribution in [1.29, 1.82) is 0 Å². The summed E-state index contributed by atoms with van der Waals surface area (Å²) in [6.45, 7) is -0.487. The largest absolute Gasteiger partial charge is 0.480 e. The lowest BCUT2D eigenvalue weighted by Gasteiger charge is -2.37. The normalized spacial score (nSPS) is 47.2. The van der Waals surface area contributed by atoms with Crippen LogP contribution < -0.4 is 0 Å². The van der Waals surface area contributed by atoms with Crippen molar-refractivity contribution < 1.29 is 19.5 Å². The van der Waals surface area contributed by atoms with E-state index in [1.165, 1.54) is 0 Å². The Balaban J connectivity index is 1.72. The fourth-order valence-corrected chi connectivity index (χ4v) is 4.31. The first-order valence-corrected chi connectivity index (χ1v) is 6.35. The van der Waals surface area contributed by atoms with Crippen LogP contribution in [0.1, 0.15) is 6.42 Å². The second-order valence-electron chi connectivity index (χ2n) is 5.81. The van der Waals surface area contributed by atoms with Gasteiger partial charge in [-0.1, -0.05) is 12.2 Å². The molecule has 5 rings (SSSR count). The number of carbonyl (C=O) groups is 3. The quantitative estimate of drug-likeness (QED) is 0.555. The molecule has 5 heteroatoms. The second kappa shape index (κ2) is 3.02. The van der Waals surface area contributed by atoms with Gasteiger partial charge >= 0.3 is 5.97 Å². The predicted octanol–water partition coefficient (Wildman–Crippen LogP) is 0.124. The Labute approximate surface area is 103 Å². The zero-order valence-corrected chi connectivity index (χ0v) is 9.65. The van der Waals surface area contributed by atoms with E-state index < -0.39 is 12.5 Å². The molecular formula is C13H13NO4. The Morgan fingerprint density at radius 2 is 1.67 bits per heavy atom. The van der Waals surface area contributed by atoms with Crippen molar-refractivity contribution in [3.05, 3.63) is 12.2 Å². The molecule has 5 aliphatic rings. The summed E-state index contributed by atoms with van der Waals surface area (Å²) in [7, 11) is 0. The number of hydrogen-bond acceptors (Lipinski definition) is 3. The standard InChI is InChI=1S/C13H13NO4/c15-9(16)4-14-12(17)10-5-1-2-6(8-3-7(5)8)11(10)13(14)18/h1-2,5-8,10-11H,3-4H2,(H,15,16)/t5-,6-,7+,8+,10-,11+/m1/s1. The molecule has 18 heavy (non-hydrogen) atoms. The zero-order valence-electron chi connectivity index (χ0n) is 9.65. The lowest BCUT2D eigenvalue weighted by atomic mass is 9.63. The van der Waals surface area contributed by atoms with E-state index in [0.29, 0.717) is 11.8 Å². The number of imide groups is 1. The van der Waals surface area contributed by atoms with E-state index in [0.717, 1.165) is 11.3 Å². The van der Waals surface area contributed by atoms with E-state index >= 15 is 0 Å². The van der Waals surface area contributed by atoms with Crippen molar-refractivity contribution in [3.63, 3.8) is 0 Å². The molecule has 5 nitrogen and oxygen atoms in total.